The van der Waals surface area contributed by atoms with Crippen molar-refractivity contribution in [2.75, 3.05) is 69.2 Å². The van der Waals surface area contributed by atoms with Crippen LogP contribution in [-0.2, 0) is 9.59 Å². The Kier molecular flexibility index (Phi) is 28.8. The second kappa shape index (κ2) is 34.0. The predicted molar refractivity (Wildman–Crippen MR) is 308 cm³/mol. The van der Waals surface area contributed by atoms with Crippen molar-refractivity contribution in [1.29, 1.82) is 5.26 Å². The molecule has 0 saturated carbocycles. The molecule has 0 spiro atoms. The Morgan fingerprint density at radius 3 is 2.27 bits per heavy atom. The molecule has 3 aliphatic heterocycles. The summed E-state index contributed by atoms with van der Waals surface area (Å²) >= 11 is 0. The molecule has 0 radical (unpaired) electrons. The molecular formula is C61H92FN9O4. The van der Waals surface area contributed by atoms with Crippen LogP contribution in [0.3, 0.4) is 0 Å². The van der Waals surface area contributed by atoms with Gasteiger partial charge in [-0.3, -0.25) is 34.1 Å². The van der Waals surface area contributed by atoms with Crippen LogP contribution in [0.4, 0.5) is 15.8 Å². The van der Waals surface area contributed by atoms with Gasteiger partial charge in [0.1, 0.15) is 11.9 Å². The average molecular weight is 1030 g/mol. The van der Waals surface area contributed by atoms with Crippen molar-refractivity contribution in [3.8, 4) is 6.07 Å². The number of likely N-dealkylation sites (N-methyl/N-ethyl adjacent to an activating group) is 1. The number of anilines is 2. The van der Waals surface area contributed by atoms with E-state index in [0.29, 0.717) is 41.7 Å². The van der Waals surface area contributed by atoms with Gasteiger partial charge in [-0.2, -0.15) is 5.26 Å². The molecule has 0 bridgehead atoms. The Bertz CT molecular complexity index is 2390. The minimum atomic E-state index is -0.403. The Labute approximate surface area is 450 Å². The maximum Gasteiger partial charge on any atom is 0.226 e. The van der Waals surface area contributed by atoms with E-state index in [-0.39, 0.29) is 34.9 Å². The third-order valence-corrected chi connectivity index (χ3v) is 14.5. The Balaban J connectivity index is 0.000000296. The first-order chi connectivity index (χ1) is 36.0. The van der Waals surface area contributed by atoms with E-state index < -0.39 is 5.82 Å². The summed E-state index contributed by atoms with van der Waals surface area (Å²) in [5, 5.41) is 15.5. The average Bonchev–Trinajstić information content (AvgIpc) is 3.40. The zero-order chi connectivity index (χ0) is 55.5. The Morgan fingerprint density at radius 1 is 0.960 bits per heavy atom. The van der Waals surface area contributed by atoms with E-state index in [9.17, 15) is 24.4 Å². The molecule has 3 fully saturated rings. The van der Waals surface area contributed by atoms with E-state index in [1.165, 1.54) is 63.6 Å². The molecule has 2 amide bonds. The van der Waals surface area contributed by atoms with Gasteiger partial charge in [0.25, 0.3) is 0 Å². The Morgan fingerprint density at radius 2 is 1.68 bits per heavy atom. The molecule has 6 rings (SSSR count). The van der Waals surface area contributed by atoms with E-state index >= 15 is 4.39 Å². The van der Waals surface area contributed by atoms with E-state index in [0.717, 1.165) is 106 Å². The number of nitrogens with one attached hydrogen (secondary N) is 2. The second-order valence-electron chi connectivity index (χ2n) is 20.8. The van der Waals surface area contributed by atoms with Gasteiger partial charge in [0.2, 0.25) is 12.3 Å². The first-order valence-corrected chi connectivity index (χ1v) is 27.9. The molecule has 3 aromatic rings. The molecule has 2 N–H and O–H groups in total. The van der Waals surface area contributed by atoms with Crippen LogP contribution in [0.5, 0.6) is 0 Å². The first kappa shape index (κ1) is 63.5. The van der Waals surface area contributed by atoms with Gasteiger partial charge in [-0.05, 0) is 116 Å². The zero-order valence-electron chi connectivity index (χ0n) is 47.7. The summed E-state index contributed by atoms with van der Waals surface area (Å²) in [4.78, 5) is 64.0. The van der Waals surface area contributed by atoms with Gasteiger partial charge in [0, 0.05) is 117 Å². The quantitative estimate of drug-likeness (QED) is 0.0456. The predicted octanol–water partition coefficient (Wildman–Crippen LogP) is 12.0. The van der Waals surface area contributed by atoms with E-state index in [4.69, 9.17) is 0 Å². The van der Waals surface area contributed by atoms with E-state index in [1.54, 1.807) is 18.5 Å². The number of amides is 2. The molecule has 2 aromatic carbocycles. The molecule has 1 aromatic heterocycles. The highest BCUT2D eigenvalue weighted by atomic mass is 19.1. The molecule has 75 heavy (non-hydrogen) atoms. The van der Waals surface area contributed by atoms with Gasteiger partial charge in [-0.15, -0.1) is 0 Å². The molecule has 4 heterocycles. The fourth-order valence-electron chi connectivity index (χ4n) is 9.72. The summed E-state index contributed by atoms with van der Waals surface area (Å²) in [6, 6.07) is 13.9. The monoisotopic (exact) mass is 1030 g/mol. The first-order valence-electron chi connectivity index (χ1n) is 27.9. The number of hydrogen-bond donors (Lipinski definition) is 2. The van der Waals surface area contributed by atoms with Crippen LogP contribution < -0.4 is 20.4 Å². The number of rotatable bonds is 21. The highest BCUT2D eigenvalue weighted by molar-refractivity contribution is 6.09. The van der Waals surface area contributed by atoms with Gasteiger partial charge < -0.3 is 25.3 Å². The lowest BCUT2D eigenvalue weighted by molar-refractivity contribution is -0.124. The summed E-state index contributed by atoms with van der Waals surface area (Å²) in [5.41, 5.74) is 5.26. The van der Waals surface area contributed by atoms with E-state index in [2.05, 4.69) is 102 Å². The van der Waals surface area contributed by atoms with Crippen LogP contribution in [0.1, 0.15) is 173 Å². The second-order valence-corrected chi connectivity index (χ2v) is 20.8. The van der Waals surface area contributed by atoms with Crippen LogP contribution in [0.25, 0.3) is 10.9 Å². The molecular weight excluding hydrogens is 942 g/mol. The number of piperazine rings is 2. The maximum atomic E-state index is 15.1. The number of Topliss-reactive ketones (excluding diaryl/α,β-unsaturated/α-hetero) is 2. The minimum Gasteiger partial charge on any atom is -0.367 e. The molecule has 3 aliphatic rings. The fourth-order valence-corrected chi connectivity index (χ4v) is 9.72. The lowest BCUT2D eigenvalue weighted by Gasteiger charge is -2.40. The lowest BCUT2D eigenvalue weighted by Crippen LogP contribution is -2.50. The van der Waals surface area contributed by atoms with Crippen molar-refractivity contribution < 1.29 is 23.6 Å². The SMILES string of the molecule is C/C=C(\C=NC(C)CCC)NC=O.C=C1CCC(C)C(=O)N1.CC1CN(C)CCN1c1ccc(C#N)c2ncccc12.CCCCCCC(CCC)CN1CCN(c2cc(C(C)=O)c(C(=O)C(C)CC)cc2F)CC1. The number of carbonyl (C=O) groups excluding carboxylic acids is 4. The largest absolute Gasteiger partial charge is 0.367 e. The number of hydrogen-bond acceptors (Lipinski definition) is 11. The number of unbranched alkanes of at least 4 members (excludes halogenated alkanes) is 3. The molecule has 13 nitrogen and oxygen atoms in total. The van der Waals surface area contributed by atoms with Gasteiger partial charge in [-0.1, -0.05) is 92.7 Å². The summed E-state index contributed by atoms with van der Waals surface area (Å²) in [6.45, 7) is 31.2. The van der Waals surface area contributed by atoms with Crippen molar-refractivity contribution in [2.45, 2.75) is 158 Å². The van der Waals surface area contributed by atoms with Crippen molar-refractivity contribution in [1.82, 2.24) is 25.4 Å². The van der Waals surface area contributed by atoms with Crippen molar-refractivity contribution in [3.05, 3.63) is 89.2 Å². The number of piperidine rings is 1. The smallest absolute Gasteiger partial charge is 0.226 e. The number of aromatic nitrogens is 1. The third kappa shape index (κ3) is 20.7. The van der Waals surface area contributed by atoms with Crippen molar-refractivity contribution in [3.63, 3.8) is 0 Å². The number of allylic oxidation sites excluding steroid dienone is 3. The molecule has 14 heteroatoms. The molecule has 3 saturated heterocycles. The number of aliphatic imine (C=N–C) groups is 1. The highest BCUT2D eigenvalue weighted by Gasteiger charge is 2.27. The number of benzene rings is 2. The maximum absolute atomic E-state index is 15.1. The molecule has 5 unspecified atom stereocenters. The van der Waals surface area contributed by atoms with Crippen LogP contribution >= 0.6 is 0 Å². The molecule has 412 valence electrons. The van der Waals surface area contributed by atoms with Crippen molar-refractivity contribution in [2.24, 2.45) is 22.7 Å². The molecule has 5 atom stereocenters. The fraction of sp³-hybridized carbons (Fsp3) is 0.590. The summed E-state index contributed by atoms with van der Waals surface area (Å²) in [6.07, 6.45) is 19.7. The number of ketones is 2. The van der Waals surface area contributed by atoms with E-state index in [1.807, 2.05) is 50.8 Å². The molecule has 0 aliphatic carbocycles. The number of carbonyl (C=O) groups is 4. The van der Waals surface area contributed by atoms with Crippen LogP contribution in [-0.4, -0.2) is 116 Å². The Hall–Kier alpha value is -5.78. The third-order valence-electron chi connectivity index (χ3n) is 14.5. The van der Waals surface area contributed by atoms with Crippen LogP contribution in [0.2, 0.25) is 0 Å². The highest BCUT2D eigenvalue weighted by Crippen LogP contribution is 2.31. The summed E-state index contributed by atoms with van der Waals surface area (Å²) < 4.78 is 15.1. The van der Waals surface area contributed by atoms with Crippen molar-refractivity contribution >= 4 is 52.4 Å². The lowest BCUT2D eigenvalue weighted by atomic mass is 9.91. The standard InChI is InChI=1S/C28H45FN2O2.C16H18N4.C10H18N2O.C7H11NO/c1-6-9-10-11-13-23(12-7-2)20-30-14-16-31(17-15-30)27-19-24(22(5)32)25(18-26(27)29)28(33)21(4)8-3;1-12-11-19(2)8-9-20(12)15-6-5-13(10-17)16-14(15)4-3-7-18-16;1-4-6-9(3)11-7-10(5-2)12-8-13;1-5-3-4-6(2)8-7(5)9/h18-19,21,23H,6-17,20H2,1-5H3;3-7,12H,8-9,11H2,1-2H3;5,7-9H,4,6H2,1-3H3,(H,12,13);5H,2-4H2,1H3,(H,8,9)/b;;10-5+,11-7?;. The number of nitrogens with zero attached hydrogens (tertiary/aromatic N) is 7. The van der Waals surface area contributed by atoms with Gasteiger partial charge in [0.05, 0.1) is 22.5 Å². The number of nitriles is 1. The number of pyridine rings is 1. The van der Waals surface area contributed by atoms with Gasteiger partial charge in [0.15, 0.2) is 11.6 Å². The minimum absolute atomic E-state index is 0.117. The number of fused-ring (bicyclic) bond motifs is 1. The van der Waals surface area contributed by atoms with Crippen LogP contribution in [0.15, 0.2) is 71.6 Å². The van der Waals surface area contributed by atoms with Gasteiger partial charge >= 0.3 is 0 Å². The summed E-state index contributed by atoms with van der Waals surface area (Å²) in [7, 11) is 2.16. The van der Waals surface area contributed by atoms with Crippen LogP contribution in [0, 0.1) is 34.9 Å². The normalized spacial score (nSPS) is 18.5. The topological polar surface area (TPSA) is 154 Å². The van der Waals surface area contributed by atoms with Gasteiger partial charge in [-0.25, -0.2) is 4.39 Å². The zero-order valence-corrected chi connectivity index (χ0v) is 47.7. The number of halogens is 1. The summed E-state index contributed by atoms with van der Waals surface area (Å²) in [5.74, 6) is 0.0628.